The number of imidazole rings is 1. The molecule has 0 bridgehead atoms. The number of hydrogen-bond donors (Lipinski definition) is 1. The summed E-state index contributed by atoms with van der Waals surface area (Å²) in [5, 5.41) is 8.80. The van der Waals surface area contributed by atoms with Gasteiger partial charge in [-0.05, 0) is 37.5 Å². The fourth-order valence-corrected chi connectivity index (χ4v) is 2.39. The molecule has 4 nitrogen and oxygen atoms in total. The van der Waals surface area contributed by atoms with Gasteiger partial charge in [0.2, 0.25) is 0 Å². The summed E-state index contributed by atoms with van der Waals surface area (Å²) >= 11 is 0. The van der Waals surface area contributed by atoms with Crippen LogP contribution in [0.2, 0.25) is 0 Å². The summed E-state index contributed by atoms with van der Waals surface area (Å²) in [7, 11) is 0. The minimum absolute atomic E-state index is 0.148. The molecule has 1 saturated carbocycles. The van der Waals surface area contributed by atoms with Gasteiger partial charge in [0, 0.05) is 12.5 Å². The highest BCUT2D eigenvalue weighted by Crippen LogP contribution is 2.39. The van der Waals surface area contributed by atoms with Gasteiger partial charge in [-0.25, -0.2) is 4.98 Å². The number of aromatic nitrogens is 2. The number of aliphatic carboxylic acids is 1. The van der Waals surface area contributed by atoms with Crippen molar-refractivity contribution in [2.45, 2.75) is 38.6 Å². The van der Waals surface area contributed by atoms with Gasteiger partial charge in [0.15, 0.2) is 0 Å². The highest BCUT2D eigenvalue weighted by Gasteiger charge is 2.28. The second-order valence-electron chi connectivity index (χ2n) is 5.02. The monoisotopic (exact) mass is 244 g/mol. The summed E-state index contributed by atoms with van der Waals surface area (Å²) in [5.74, 6) is 0.154. The molecule has 2 aromatic rings. The lowest BCUT2D eigenvalue weighted by atomic mass is 10.2. The van der Waals surface area contributed by atoms with E-state index in [0.29, 0.717) is 12.5 Å². The summed E-state index contributed by atoms with van der Waals surface area (Å²) in [5.41, 5.74) is 3.32. The molecule has 0 spiro atoms. The molecule has 1 aliphatic carbocycles. The molecule has 0 radical (unpaired) electrons. The number of fused-ring (bicyclic) bond motifs is 1. The lowest BCUT2D eigenvalue weighted by Crippen LogP contribution is -2.05. The van der Waals surface area contributed by atoms with Crippen molar-refractivity contribution in [3.63, 3.8) is 0 Å². The zero-order valence-corrected chi connectivity index (χ0v) is 10.4. The van der Waals surface area contributed by atoms with Crippen molar-refractivity contribution in [1.82, 2.24) is 9.55 Å². The van der Waals surface area contributed by atoms with Crippen molar-refractivity contribution >= 4 is 17.0 Å². The molecule has 0 unspecified atom stereocenters. The van der Waals surface area contributed by atoms with E-state index in [1.54, 1.807) is 0 Å². The average Bonchev–Trinajstić information content (AvgIpc) is 3.08. The summed E-state index contributed by atoms with van der Waals surface area (Å²) in [4.78, 5) is 15.3. The van der Waals surface area contributed by atoms with Crippen LogP contribution < -0.4 is 0 Å². The van der Waals surface area contributed by atoms with Gasteiger partial charge in [-0.3, -0.25) is 4.79 Å². The zero-order chi connectivity index (χ0) is 12.7. The lowest BCUT2D eigenvalue weighted by molar-refractivity contribution is -0.137. The maximum absolute atomic E-state index is 10.7. The number of benzene rings is 1. The quantitative estimate of drug-likeness (QED) is 0.899. The third-order valence-corrected chi connectivity index (χ3v) is 3.39. The van der Waals surface area contributed by atoms with Gasteiger partial charge >= 0.3 is 5.97 Å². The molecule has 1 aliphatic rings. The van der Waals surface area contributed by atoms with Crippen LogP contribution in [0.25, 0.3) is 11.0 Å². The SMILES string of the molecule is Cc1ccc2c(c1)nc(CCC(=O)O)n2C1CC1. The molecule has 1 aromatic carbocycles. The van der Waals surface area contributed by atoms with Gasteiger partial charge in [-0.2, -0.15) is 0 Å². The molecule has 0 amide bonds. The fraction of sp³-hybridized carbons (Fsp3) is 0.429. The highest BCUT2D eigenvalue weighted by atomic mass is 16.4. The molecular formula is C14H16N2O2. The lowest BCUT2D eigenvalue weighted by Gasteiger charge is -2.06. The zero-order valence-electron chi connectivity index (χ0n) is 10.4. The molecule has 94 valence electrons. The van der Waals surface area contributed by atoms with Crippen LogP contribution >= 0.6 is 0 Å². The van der Waals surface area contributed by atoms with Gasteiger partial charge in [0.25, 0.3) is 0 Å². The van der Waals surface area contributed by atoms with Crippen LogP contribution in [0.15, 0.2) is 18.2 Å². The largest absolute Gasteiger partial charge is 0.481 e. The summed E-state index contributed by atoms with van der Waals surface area (Å²) in [6, 6.07) is 6.78. The molecule has 4 heteroatoms. The topological polar surface area (TPSA) is 55.1 Å². The van der Waals surface area contributed by atoms with E-state index in [9.17, 15) is 4.79 Å². The van der Waals surface area contributed by atoms with Crippen LogP contribution in [0.3, 0.4) is 0 Å². The van der Waals surface area contributed by atoms with Crippen LogP contribution in [-0.2, 0) is 11.2 Å². The van der Waals surface area contributed by atoms with Gasteiger partial charge in [-0.1, -0.05) is 6.07 Å². The second-order valence-corrected chi connectivity index (χ2v) is 5.02. The minimum Gasteiger partial charge on any atom is -0.481 e. The van der Waals surface area contributed by atoms with Crippen molar-refractivity contribution < 1.29 is 9.90 Å². The van der Waals surface area contributed by atoms with E-state index in [1.165, 1.54) is 18.4 Å². The Bertz CT molecular complexity index is 612. The number of aryl methyl sites for hydroxylation is 2. The van der Waals surface area contributed by atoms with Crippen LogP contribution in [-0.4, -0.2) is 20.6 Å². The highest BCUT2D eigenvalue weighted by molar-refractivity contribution is 5.77. The second kappa shape index (κ2) is 4.12. The third kappa shape index (κ3) is 1.98. The van der Waals surface area contributed by atoms with Crippen LogP contribution in [0.1, 0.15) is 36.7 Å². The molecule has 1 fully saturated rings. The van der Waals surface area contributed by atoms with E-state index in [1.807, 2.05) is 6.92 Å². The van der Waals surface area contributed by atoms with Crippen molar-refractivity contribution in [1.29, 1.82) is 0 Å². The first-order valence-electron chi connectivity index (χ1n) is 6.34. The van der Waals surface area contributed by atoms with Crippen LogP contribution in [0.4, 0.5) is 0 Å². The Hall–Kier alpha value is -1.84. The Morgan fingerprint density at radius 1 is 1.50 bits per heavy atom. The molecule has 0 aliphatic heterocycles. The van der Waals surface area contributed by atoms with Gasteiger partial charge in [0.05, 0.1) is 17.5 Å². The number of carboxylic acid groups (broad SMARTS) is 1. The van der Waals surface area contributed by atoms with Crippen LogP contribution in [0.5, 0.6) is 0 Å². The Labute approximate surface area is 105 Å². The number of carboxylic acids is 1. The van der Waals surface area contributed by atoms with E-state index in [2.05, 4.69) is 27.8 Å². The molecule has 3 rings (SSSR count). The smallest absolute Gasteiger partial charge is 0.303 e. The maximum atomic E-state index is 10.7. The minimum atomic E-state index is -0.763. The third-order valence-electron chi connectivity index (χ3n) is 3.39. The van der Waals surface area contributed by atoms with E-state index >= 15 is 0 Å². The van der Waals surface area contributed by atoms with E-state index in [4.69, 9.17) is 5.11 Å². The summed E-state index contributed by atoms with van der Waals surface area (Å²) in [6.07, 6.45) is 3.02. The molecule has 1 aromatic heterocycles. The first-order valence-corrected chi connectivity index (χ1v) is 6.34. The normalized spacial score (nSPS) is 15.2. The number of rotatable bonds is 4. The van der Waals surface area contributed by atoms with Gasteiger partial charge < -0.3 is 9.67 Å². The van der Waals surface area contributed by atoms with Gasteiger partial charge in [0.1, 0.15) is 5.82 Å². The number of nitrogens with zero attached hydrogens (tertiary/aromatic N) is 2. The van der Waals surface area contributed by atoms with Crippen molar-refractivity contribution in [3.05, 3.63) is 29.6 Å². The number of hydrogen-bond acceptors (Lipinski definition) is 2. The molecule has 1 N–H and O–H groups in total. The average molecular weight is 244 g/mol. The van der Waals surface area contributed by atoms with E-state index in [-0.39, 0.29) is 6.42 Å². The predicted molar refractivity (Wildman–Crippen MR) is 68.7 cm³/mol. The Morgan fingerprint density at radius 2 is 2.28 bits per heavy atom. The molecule has 1 heterocycles. The van der Waals surface area contributed by atoms with Crippen LogP contribution in [0, 0.1) is 6.92 Å². The maximum Gasteiger partial charge on any atom is 0.303 e. The van der Waals surface area contributed by atoms with Gasteiger partial charge in [-0.15, -0.1) is 0 Å². The first kappa shape index (κ1) is 11.3. The van der Waals surface area contributed by atoms with E-state index < -0.39 is 5.97 Å². The Balaban J connectivity index is 2.05. The standard InChI is InChI=1S/C14H16N2O2/c1-9-2-5-12-11(8-9)15-13(6-7-14(17)18)16(12)10-3-4-10/h2,5,8,10H,3-4,6-7H2,1H3,(H,17,18). The van der Waals surface area contributed by atoms with Crippen molar-refractivity contribution in [2.24, 2.45) is 0 Å². The van der Waals surface area contributed by atoms with Crippen molar-refractivity contribution in [3.8, 4) is 0 Å². The first-order chi connectivity index (χ1) is 8.65. The Morgan fingerprint density at radius 3 is 2.94 bits per heavy atom. The predicted octanol–water partition coefficient (Wildman–Crippen LogP) is 2.70. The van der Waals surface area contributed by atoms with E-state index in [0.717, 1.165) is 16.9 Å². The Kier molecular flexibility index (Phi) is 2.58. The summed E-state index contributed by atoms with van der Waals surface area (Å²) < 4.78 is 2.23. The van der Waals surface area contributed by atoms with Crippen molar-refractivity contribution in [2.75, 3.05) is 0 Å². The summed E-state index contributed by atoms with van der Waals surface area (Å²) in [6.45, 7) is 2.05. The molecule has 18 heavy (non-hydrogen) atoms. The molecule has 0 atom stereocenters. The number of carbonyl (C=O) groups is 1. The molecular weight excluding hydrogens is 228 g/mol. The molecule has 0 saturated heterocycles. The fourth-order valence-electron chi connectivity index (χ4n) is 2.39.